The van der Waals surface area contributed by atoms with E-state index in [0.717, 1.165) is 37.7 Å². The molecule has 0 aliphatic carbocycles. The number of hydrogen-bond acceptors (Lipinski definition) is 4. The van der Waals surface area contributed by atoms with Crippen LogP contribution in [0.1, 0.15) is 12.1 Å². The average Bonchev–Trinajstić information content (AvgIpc) is 2.94. The highest BCUT2D eigenvalue weighted by Gasteiger charge is 2.21. The molecule has 2 aromatic rings. The monoisotopic (exact) mass is 267 g/mol. The number of rotatable bonds is 3. The molecule has 2 N–H and O–H groups in total. The SMILES string of the molecule is Cl.NCC1CCN(Cc2cn3cccnc3n2)C1. The molecule has 18 heavy (non-hydrogen) atoms. The fourth-order valence-electron chi connectivity index (χ4n) is 2.43. The van der Waals surface area contributed by atoms with Gasteiger partial charge in [-0.15, -0.1) is 12.4 Å². The number of nitrogens with zero attached hydrogens (tertiary/aromatic N) is 4. The third kappa shape index (κ3) is 2.63. The minimum atomic E-state index is 0. The molecule has 98 valence electrons. The molecule has 3 rings (SSSR count). The molecule has 3 heterocycles. The average molecular weight is 268 g/mol. The van der Waals surface area contributed by atoms with Crippen LogP contribution in [0.4, 0.5) is 0 Å². The van der Waals surface area contributed by atoms with Gasteiger partial charge in [0.2, 0.25) is 5.78 Å². The van der Waals surface area contributed by atoms with Gasteiger partial charge < -0.3 is 5.73 Å². The standard InChI is InChI=1S/C12H17N5.ClH/c13-6-10-2-5-16(7-10)8-11-9-17-4-1-3-14-12(17)15-11;/h1,3-4,9-10H,2,5-8,13H2;1H. The van der Waals surface area contributed by atoms with Gasteiger partial charge in [0.05, 0.1) is 5.69 Å². The van der Waals surface area contributed by atoms with Crippen molar-refractivity contribution in [1.29, 1.82) is 0 Å². The van der Waals surface area contributed by atoms with Crippen LogP contribution in [0.2, 0.25) is 0 Å². The first-order chi connectivity index (χ1) is 8.35. The Hall–Kier alpha value is -1.17. The quantitative estimate of drug-likeness (QED) is 0.899. The van der Waals surface area contributed by atoms with Crippen molar-refractivity contribution in [1.82, 2.24) is 19.3 Å². The van der Waals surface area contributed by atoms with Crippen LogP contribution < -0.4 is 5.73 Å². The maximum absolute atomic E-state index is 5.69. The Kier molecular flexibility index (Phi) is 4.16. The Morgan fingerprint density at radius 2 is 2.33 bits per heavy atom. The number of aromatic nitrogens is 3. The van der Waals surface area contributed by atoms with E-state index in [4.69, 9.17) is 5.73 Å². The number of halogens is 1. The molecule has 1 saturated heterocycles. The highest BCUT2D eigenvalue weighted by Crippen LogP contribution is 2.17. The molecule has 1 aliphatic rings. The molecule has 5 nitrogen and oxygen atoms in total. The summed E-state index contributed by atoms with van der Waals surface area (Å²) in [4.78, 5) is 11.1. The maximum atomic E-state index is 5.69. The number of hydrogen-bond donors (Lipinski definition) is 1. The van der Waals surface area contributed by atoms with Gasteiger partial charge in [0.25, 0.3) is 0 Å². The lowest BCUT2D eigenvalue weighted by Crippen LogP contribution is -2.22. The molecule has 0 amide bonds. The number of imidazole rings is 1. The van der Waals surface area contributed by atoms with Gasteiger partial charge in [-0.1, -0.05) is 0 Å². The highest BCUT2D eigenvalue weighted by atomic mass is 35.5. The van der Waals surface area contributed by atoms with Crippen molar-refractivity contribution in [2.45, 2.75) is 13.0 Å². The highest BCUT2D eigenvalue weighted by molar-refractivity contribution is 5.85. The minimum absolute atomic E-state index is 0. The van der Waals surface area contributed by atoms with Crippen molar-refractivity contribution in [2.24, 2.45) is 11.7 Å². The summed E-state index contributed by atoms with van der Waals surface area (Å²) in [5.74, 6) is 1.43. The molecule has 1 atom stereocenters. The first kappa shape index (κ1) is 13.3. The number of fused-ring (bicyclic) bond motifs is 1. The molecule has 0 radical (unpaired) electrons. The molecule has 0 saturated carbocycles. The molecule has 0 bridgehead atoms. The van der Waals surface area contributed by atoms with E-state index in [1.165, 1.54) is 6.42 Å². The van der Waals surface area contributed by atoms with Gasteiger partial charge in [0, 0.05) is 31.7 Å². The molecule has 1 aliphatic heterocycles. The zero-order valence-corrected chi connectivity index (χ0v) is 11.0. The number of likely N-dealkylation sites (tertiary alicyclic amines) is 1. The van der Waals surface area contributed by atoms with E-state index in [2.05, 4.69) is 21.1 Å². The third-order valence-electron chi connectivity index (χ3n) is 3.37. The van der Waals surface area contributed by atoms with Crippen molar-refractivity contribution in [3.8, 4) is 0 Å². The van der Waals surface area contributed by atoms with E-state index in [1.807, 2.05) is 16.7 Å². The largest absolute Gasteiger partial charge is 0.330 e. The van der Waals surface area contributed by atoms with E-state index < -0.39 is 0 Å². The van der Waals surface area contributed by atoms with Gasteiger partial charge in [-0.25, -0.2) is 9.97 Å². The summed E-state index contributed by atoms with van der Waals surface area (Å²) in [5.41, 5.74) is 6.78. The second-order valence-corrected chi connectivity index (χ2v) is 4.68. The van der Waals surface area contributed by atoms with Crippen LogP contribution in [0.15, 0.2) is 24.7 Å². The van der Waals surface area contributed by atoms with Crippen molar-refractivity contribution in [3.63, 3.8) is 0 Å². The predicted octanol–water partition coefficient (Wildman–Crippen LogP) is 0.932. The molecule has 2 aromatic heterocycles. The summed E-state index contributed by atoms with van der Waals surface area (Å²) in [6.45, 7) is 3.92. The van der Waals surface area contributed by atoms with Gasteiger partial charge in [0.1, 0.15) is 0 Å². The lowest BCUT2D eigenvalue weighted by atomic mass is 10.1. The predicted molar refractivity (Wildman–Crippen MR) is 72.7 cm³/mol. The molecular formula is C12H18ClN5. The van der Waals surface area contributed by atoms with Crippen LogP contribution in [0, 0.1) is 5.92 Å². The van der Waals surface area contributed by atoms with Crippen LogP contribution in [-0.2, 0) is 6.54 Å². The van der Waals surface area contributed by atoms with E-state index in [-0.39, 0.29) is 12.4 Å². The van der Waals surface area contributed by atoms with E-state index >= 15 is 0 Å². The first-order valence-corrected chi connectivity index (χ1v) is 6.06. The molecule has 1 fully saturated rings. The van der Waals surface area contributed by atoms with Crippen LogP contribution in [-0.4, -0.2) is 38.9 Å². The van der Waals surface area contributed by atoms with Gasteiger partial charge >= 0.3 is 0 Å². The van der Waals surface area contributed by atoms with Crippen LogP contribution in [0.3, 0.4) is 0 Å². The zero-order chi connectivity index (χ0) is 11.7. The fraction of sp³-hybridized carbons (Fsp3) is 0.500. The van der Waals surface area contributed by atoms with Crippen molar-refractivity contribution >= 4 is 18.2 Å². The smallest absolute Gasteiger partial charge is 0.233 e. The fourth-order valence-corrected chi connectivity index (χ4v) is 2.43. The van der Waals surface area contributed by atoms with E-state index in [0.29, 0.717) is 5.92 Å². The summed E-state index contributed by atoms with van der Waals surface area (Å²) in [6, 6.07) is 1.92. The molecular weight excluding hydrogens is 250 g/mol. The van der Waals surface area contributed by atoms with Crippen molar-refractivity contribution in [2.75, 3.05) is 19.6 Å². The topological polar surface area (TPSA) is 59.5 Å². The van der Waals surface area contributed by atoms with Crippen LogP contribution in [0.25, 0.3) is 5.78 Å². The first-order valence-electron chi connectivity index (χ1n) is 6.06. The summed E-state index contributed by atoms with van der Waals surface area (Å²) in [7, 11) is 0. The Morgan fingerprint density at radius 3 is 3.06 bits per heavy atom. The van der Waals surface area contributed by atoms with E-state index in [1.54, 1.807) is 6.20 Å². The van der Waals surface area contributed by atoms with Crippen molar-refractivity contribution in [3.05, 3.63) is 30.4 Å². The van der Waals surface area contributed by atoms with Crippen LogP contribution in [0.5, 0.6) is 0 Å². The lowest BCUT2D eigenvalue weighted by molar-refractivity contribution is 0.314. The second-order valence-electron chi connectivity index (χ2n) is 4.68. The Balaban J connectivity index is 0.00000120. The zero-order valence-electron chi connectivity index (χ0n) is 10.2. The molecule has 0 aromatic carbocycles. The summed E-state index contributed by atoms with van der Waals surface area (Å²) in [6.07, 6.45) is 7.01. The van der Waals surface area contributed by atoms with E-state index in [9.17, 15) is 0 Å². The van der Waals surface area contributed by atoms with Gasteiger partial charge in [0.15, 0.2) is 0 Å². The molecule has 6 heteroatoms. The summed E-state index contributed by atoms with van der Waals surface area (Å²) < 4.78 is 1.96. The minimum Gasteiger partial charge on any atom is -0.330 e. The Morgan fingerprint density at radius 1 is 1.44 bits per heavy atom. The molecule has 1 unspecified atom stereocenters. The van der Waals surface area contributed by atoms with Gasteiger partial charge in [-0.2, -0.15) is 0 Å². The number of nitrogens with two attached hydrogens (primary N) is 1. The Bertz CT molecular complexity index is 479. The lowest BCUT2D eigenvalue weighted by Gasteiger charge is -2.13. The Labute approximate surface area is 112 Å². The van der Waals surface area contributed by atoms with Crippen molar-refractivity contribution < 1.29 is 0 Å². The summed E-state index contributed by atoms with van der Waals surface area (Å²) >= 11 is 0. The maximum Gasteiger partial charge on any atom is 0.233 e. The normalized spacial score (nSPS) is 20.2. The second kappa shape index (κ2) is 5.65. The molecule has 0 spiro atoms. The van der Waals surface area contributed by atoms with Crippen LogP contribution >= 0.6 is 12.4 Å². The van der Waals surface area contributed by atoms with Gasteiger partial charge in [-0.05, 0) is 31.5 Å². The summed E-state index contributed by atoms with van der Waals surface area (Å²) in [5, 5.41) is 0. The third-order valence-corrected chi connectivity index (χ3v) is 3.37. The van der Waals surface area contributed by atoms with Gasteiger partial charge in [-0.3, -0.25) is 9.30 Å².